The van der Waals surface area contributed by atoms with Gasteiger partial charge >= 0.3 is 0 Å². The number of carbonyl (C=O) groups excluding carboxylic acids is 1. The molecule has 2 heterocycles. The van der Waals surface area contributed by atoms with Gasteiger partial charge in [-0.3, -0.25) is 4.79 Å². The zero-order chi connectivity index (χ0) is 24.1. The van der Waals surface area contributed by atoms with Crippen LogP contribution in [0.5, 0.6) is 11.5 Å². The molecule has 8 nitrogen and oxygen atoms in total. The molecule has 34 heavy (non-hydrogen) atoms. The van der Waals surface area contributed by atoms with Crippen molar-refractivity contribution < 1.29 is 23.5 Å². The van der Waals surface area contributed by atoms with Gasteiger partial charge in [-0.05, 0) is 54.2 Å². The number of benzene rings is 2. The molecule has 0 radical (unpaired) electrons. The van der Waals surface area contributed by atoms with E-state index < -0.39 is 5.60 Å². The lowest BCUT2D eigenvalue weighted by molar-refractivity contribution is -0.115. The number of nitrogens with one attached hydrogen (secondary N) is 2. The Bertz CT molecular complexity index is 1080. The van der Waals surface area contributed by atoms with Gasteiger partial charge in [-0.1, -0.05) is 11.2 Å². The fraction of sp³-hybridized carbons (Fsp3) is 0.375. The van der Waals surface area contributed by atoms with Gasteiger partial charge < -0.3 is 29.8 Å². The Hall–Kier alpha value is -3.40. The second-order valence-corrected chi connectivity index (χ2v) is 8.67. The lowest BCUT2D eigenvalue weighted by atomic mass is 9.87. The van der Waals surface area contributed by atoms with Crippen LogP contribution in [0.4, 0.5) is 10.1 Å². The summed E-state index contributed by atoms with van der Waals surface area (Å²) in [6.45, 7) is 1.68. The molecule has 0 saturated carbocycles. The van der Waals surface area contributed by atoms with E-state index >= 15 is 0 Å². The van der Waals surface area contributed by atoms with E-state index in [1.807, 2.05) is 17.0 Å². The number of likely N-dealkylation sites (tertiary alicyclic amines) is 1. The Balaban J connectivity index is 1.25. The SMILES string of the molecule is COc1ccc(CNC(=O)C2=NOC3(CCN(C(=S)Nc4ccc(F)cc4)CC3)C2)cc1OC. The Morgan fingerprint density at radius 3 is 2.53 bits per heavy atom. The zero-order valence-corrected chi connectivity index (χ0v) is 19.9. The number of ether oxygens (including phenoxy) is 2. The number of nitrogens with zero attached hydrogens (tertiary/aromatic N) is 2. The molecule has 0 bridgehead atoms. The molecule has 4 rings (SSSR count). The number of methoxy groups -OCH3 is 2. The van der Waals surface area contributed by atoms with E-state index in [1.54, 1.807) is 32.4 Å². The molecule has 0 aliphatic carbocycles. The number of oxime groups is 1. The van der Waals surface area contributed by atoms with Crippen LogP contribution in [0.2, 0.25) is 0 Å². The lowest BCUT2D eigenvalue weighted by Crippen LogP contribution is -2.48. The predicted molar refractivity (Wildman–Crippen MR) is 131 cm³/mol. The molecule has 180 valence electrons. The first-order chi connectivity index (χ1) is 16.4. The van der Waals surface area contributed by atoms with Crippen molar-refractivity contribution in [1.82, 2.24) is 10.2 Å². The summed E-state index contributed by atoms with van der Waals surface area (Å²) in [5, 5.41) is 10.7. The third kappa shape index (κ3) is 5.39. The fourth-order valence-electron chi connectivity index (χ4n) is 4.04. The van der Waals surface area contributed by atoms with Crippen molar-refractivity contribution >= 4 is 34.6 Å². The van der Waals surface area contributed by atoms with Crippen molar-refractivity contribution in [3.05, 3.63) is 53.8 Å². The van der Waals surface area contributed by atoms with Crippen molar-refractivity contribution in [2.24, 2.45) is 5.16 Å². The van der Waals surface area contributed by atoms with E-state index in [0.717, 1.165) is 11.3 Å². The molecule has 0 unspecified atom stereocenters. The highest BCUT2D eigenvalue weighted by atomic mass is 32.1. The van der Waals surface area contributed by atoms with E-state index in [9.17, 15) is 9.18 Å². The number of hydrogen-bond donors (Lipinski definition) is 2. The number of hydrogen-bond acceptors (Lipinski definition) is 6. The third-order valence-corrected chi connectivity index (χ3v) is 6.42. The number of anilines is 1. The quantitative estimate of drug-likeness (QED) is 0.605. The summed E-state index contributed by atoms with van der Waals surface area (Å²) in [4.78, 5) is 20.5. The first kappa shape index (κ1) is 23.7. The number of thiocarbonyl (C=S) groups is 1. The standard InChI is InChI=1S/C24H27FN4O4S/c1-31-20-8-3-16(13-21(20)32-2)15-26-22(30)19-14-24(33-28-19)9-11-29(12-10-24)23(34)27-18-6-4-17(25)5-7-18/h3-8,13H,9-12,14-15H2,1-2H3,(H,26,30)(H,27,34). The van der Waals surface area contributed by atoms with Gasteiger partial charge in [-0.2, -0.15) is 0 Å². The summed E-state index contributed by atoms with van der Waals surface area (Å²) >= 11 is 5.50. The maximum atomic E-state index is 13.1. The predicted octanol–water partition coefficient (Wildman–Crippen LogP) is 3.47. The van der Waals surface area contributed by atoms with Crippen LogP contribution < -0.4 is 20.1 Å². The van der Waals surface area contributed by atoms with Gasteiger partial charge in [-0.15, -0.1) is 0 Å². The number of amides is 1. The topological polar surface area (TPSA) is 84.4 Å². The van der Waals surface area contributed by atoms with Crippen LogP contribution in [0.3, 0.4) is 0 Å². The molecule has 1 spiro atoms. The smallest absolute Gasteiger partial charge is 0.269 e. The first-order valence-corrected chi connectivity index (χ1v) is 11.4. The van der Waals surface area contributed by atoms with Gasteiger partial charge in [0.25, 0.3) is 5.91 Å². The number of halogens is 1. The molecule has 2 aliphatic rings. The second kappa shape index (κ2) is 10.3. The monoisotopic (exact) mass is 486 g/mol. The molecule has 2 aliphatic heterocycles. The highest BCUT2D eigenvalue weighted by Crippen LogP contribution is 2.35. The molecule has 2 N–H and O–H groups in total. The van der Waals surface area contributed by atoms with Gasteiger partial charge in [-0.25, -0.2) is 4.39 Å². The van der Waals surface area contributed by atoms with E-state index in [-0.39, 0.29) is 11.7 Å². The van der Waals surface area contributed by atoms with E-state index in [4.69, 9.17) is 26.5 Å². The van der Waals surface area contributed by atoms with Gasteiger partial charge in [0, 0.05) is 44.6 Å². The minimum atomic E-state index is -0.488. The minimum absolute atomic E-state index is 0.248. The average Bonchev–Trinajstić information content (AvgIpc) is 3.27. The van der Waals surface area contributed by atoms with Crippen LogP contribution in [0.15, 0.2) is 47.6 Å². The molecule has 2 aromatic carbocycles. The normalized spacial score (nSPS) is 16.4. The van der Waals surface area contributed by atoms with Crippen molar-refractivity contribution in [1.29, 1.82) is 0 Å². The van der Waals surface area contributed by atoms with Gasteiger partial charge in [0.2, 0.25) is 0 Å². The Morgan fingerprint density at radius 2 is 1.85 bits per heavy atom. The van der Waals surface area contributed by atoms with Gasteiger partial charge in [0.15, 0.2) is 16.6 Å². The van der Waals surface area contributed by atoms with E-state index in [2.05, 4.69) is 15.8 Å². The van der Waals surface area contributed by atoms with Crippen LogP contribution in [-0.2, 0) is 16.2 Å². The van der Waals surface area contributed by atoms with Crippen molar-refractivity contribution in [2.75, 3.05) is 32.6 Å². The van der Waals surface area contributed by atoms with Crippen LogP contribution >= 0.6 is 12.2 Å². The summed E-state index contributed by atoms with van der Waals surface area (Å²) in [6, 6.07) is 11.6. The van der Waals surface area contributed by atoms with Crippen LogP contribution in [0.1, 0.15) is 24.8 Å². The molecule has 1 saturated heterocycles. The van der Waals surface area contributed by atoms with Crippen LogP contribution in [0.25, 0.3) is 0 Å². The largest absolute Gasteiger partial charge is 0.493 e. The maximum Gasteiger partial charge on any atom is 0.269 e. The fourth-order valence-corrected chi connectivity index (χ4v) is 4.34. The summed E-state index contributed by atoms with van der Waals surface area (Å²) in [7, 11) is 3.15. The minimum Gasteiger partial charge on any atom is -0.493 e. The van der Waals surface area contributed by atoms with Crippen molar-refractivity contribution in [3.63, 3.8) is 0 Å². The molecule has 0 atom stereocenters. The number of piperidine rings is 1. The summed E-state index contributed by atoms with van der Waals surface area (Å²) < 4.78 is 23.6. The summed E-state index contributed by atoms with van der Waals surface area (Å²) in [6.07, 6.45) is 1.83. The van der Waals surface area contributed by atoms with Crippen molar-refractivity contribution in [2.45, 2.75) is 31.4 Å². The van der Waals surface area contributed by atoms with Crippen molar-refractivity contribution in [3.8, 4) is 11.5 Å². The highest BCUT2D eigenvalue weighted by molar-refractivity contribution is 7.80. The van der Waals surface area contributed by atoms with E-state index in [0.29, 0.717) is 61.2 Å². The molecular weight excluding hydrogens is 459 g/mol. The first-order valence-electron chi connectivity index (χ1n) is 11.0. The lowest BCUT2D eigenvalue weighted by Gasteiger charge is -2.38. The number of carbonyl (C=O) groups is 1. The van der Waals surface area contributed by atoms with Crippen LogP contribution in [-0.4, -0.2) is 54.5 Å². The van der Waals surface area contributed by atoms with E-state index in [1.165, 1.54) is 12.1 Å². The average molecular weight is 487 g/mol. The Labute approximate surface area is 203 Å². The van der Waals surface area contributed by atoms with Gasteiger partial charge in [0.1, 0.15) is 17.1 Å². The Kier molecular flexibility index (Phi) is 7.16. The maximum absolute atomic E-state index is 13.1. The highest BCUT2D eigenvalue weighted by Gasteiger charge is 2.44. The summed E-state index contributed by atoms with van der Waals surface area (Å²) in [5.74, 6) is 0.695. The molecule has 1 fully saturated rings. The third-order valence-electron chi connectivity index (χ3n) is 6.06. The second-order valence-electron chi connectivity index (χ2n) is 8.29. The molecular formula is C24H27FN4O4S. The molecule has 1 amide bonds. The Morgan fingerprint density at radius 1 is 1.15 bits per heavy atom. The molecule has 10 heteroatoms. The zero-order valence-electron chi connectivity index (χ0n) is 19.1. The molecule has 0 aromatic heterocycles. The summed E-state index contributed by atoms with van der Waals surface area (Å²) in [5.41, 5.74) is 1.52. The van der Waals surface area contributed by atoms with Crippen LogP contribution in [0, 0.1) is 5.82 Å². The number of rotatable bonds is 6. The molecule has 2 aromatic rings. The van der Waals surface area contributed by atoms with Gasteiger partial charge in [0.05, 0.1) is 14.2 Å².